The Balaban J connectivity index is 1.81. The summed E-state index contributed by atoms with van der Waals surface area (Å²) in [4.78, 5) is 9.14. The Kier molecular flexibility index (Phi) is 4.42. The Labute approximate surface area is 156 Å². The summed E-state index contributed by atoms with van der Waals surface area (Å²) in [5.41, 5.74) is 2.52. The molecule has 4 nitrogen and oxygen atoms in total. The molecule has 0 fully saturated rings. The van der Waals surface area contributed by atoms with Crippen LogP contribution in [0.2, 0.25) is 5.02 Å². The molecule has 3 aromatic carbocycles. The Bertz CT molecular complexity index is 1050. The number of fused-ring (bicyclic) bond motifs is 1. The molecule has 26 heavy (non-hydrogen) atoms. The minimum atomic E-state index is 0.281. The lowest BCUT2D eigenvalue weighted by Crippen LogP contribution is -1.96. The topological polar surface area (TPSA) is 44.2 Å². The highest BCUT2D eigenvalue weighted by Gasteiger charge is 2.12. The Morgan fingerprint density at radius 2 is 1.54 bits per heavy atom. The molecule has 1 aromatic heterocycles. The summed E-state index contributed by atoms with van der Waals surface area (Å²) < 4.78 is 11.0. The number of hydrogen-bond acceptors (Lipinski definition) is 4. The van der Waals surface area contributed by atoms with Gasteiger partial charge in [-0.05, 0) is 42.5 Å². The highest BCUT2D eigenvalue weighted by molar-refractivity contribution is 6.31. The largest absolute Gasteiger partial charge is 0.497 e. The van der Waals surface area contributed by atoms with E-state index in [0.29, 0.717) is 10.8 Å². The van der Waals surface area contributed by atoms with E-state index in [9.17, 15) is 0 Å². The second-order valence-corrected chi connectivity index (χ2v) is 6.10. The first-order valence-corrected chi connectivity index (χ1v) is 8.45. The van der Waals surface area contributed by atoms with E-state index >= 15 is 0 Å². The van der Waals surface area contributed by atoms with Gasteiger partial charge in [-0.3, -0.25) is 0 Å². The smallest absolute Gasteiger partial charge is 0.323 e. The summed E-state index contributed by atoms with van der Waals surface area (Å²) in [6.45, 7) is 0. The zero-order chi connectivity index (χ0) is 17.9. The fraction of sp³-hybridized carbons (Fsp3) is 0.0476. The third-order valence-corrected chi connectivity index (χ3v) is 4.19. The molecule has 0 amide bonds. The molecule has 1 heterocycles. The van der Waals surface area contributed by atoms with Crippen molar-refractivity contribution in [1.29, 1.82) is 0 Å². The second-order valence-electron chi connectivity index (χ2n) is 5.66. The first-order valence-electron chi connectivity index (χ1n) is 8.07. The standard InChI is InChI=1S/C21H15ClN2O2/c1-25-16-8-10-17(11-9-16)26-21-23-19-12-7-15(22)13-18(19)20(24-21)14-5-3-2-4-6-14/h2-13H,1H3. The van der Waals surface area contributed by atoms with Gasteiger partial charge in [0, 0.05) is 16.0 Å². The SMILES string of the molecule is COc1ccc(Oc2nc(-c3ccccc3)c3cc(Cl)ccc3n2)cc1. The molecule has 0 aliphatic carbocycles. The van der Waals surface area contributed by atoms with Gasteiger partial charge >= 0.3 is 6.01 Å². The van der Waals surface area contributed by atoms with Crippen molar-refractivity contribution in [2.24, 2.45) is 0 Å². The number of nitrogens with zero attached hydrogens (tertiary/aromatic N) is 2. The summed E-state index contributed by atoms with van der Waals surface area (Å²) in [5.74, 6) is 1.40. The van der Waals surface area contributed by atoms with E-state index in [4.69, 9.17) is 21.1 Å². The van der Waals surface area contributed by atoms with Crippen LogP contribution in [-0.4, -0.2) is 17.1 Å². The highest BCUT2D eigenvalue weighted by atomic mass is 35.5. The Morgan fingerprint density at radius 1 is 0.808 bits per heavy atom. The van der Waals surface area contributed by atoms with Gasteiger partial charge in [0.05, 0.1) is 18.3 Å². The molecule has 0 unspecified atom stereocenters. The molecule has 0 saturated carbocycles. The van der Waals surface area contributed by atoms with Gasteiger partial charge in [-0.1, -0.05) is 41.9 Å². The van der Waals surface area contributed by atoms with E-state index in [1.807, 2.05) is 72.8 Å². The van der Waals surface area contributed by atoms with Gasteiger partial charge in [0.2, 0.25) is 0 Å². The molecule has 4 rings (SSSR count). The quantitative estimate of drug-likeness (QED) is 0.463. The van der Waals surface area contributed by atoms with Crippen molar-refractivity contribution in [3.05, 3.63) is 77.8 Å². The van der Waals surface area contributed by atoms with Crippen LogP contribution in [0.5, 0.6) is 17.5 Å². The Morgan fingerprint density at radius 3 is 2.27 bits per heavy atom. The van der Waals surface area contributed by atoms with Crippen LogP contribution in [0.15, 0.2) is 72.8 Å². The van der Waals surface area contributed by atoms with Crippen molar-refractivity contribution >= 4 is 22.5 Å². The van der Waals surface area contributed by atoms with Crippen molar-refractivity contribution in [3.63, 3.8) is 0 Å². The molecular formula is C21H15ClN2O2. The summed E-state index contributed by atoms with van der Waals surface area (Å²) in [6, 6.07) is 23.0. The number of ether oxygens (including phenoxy) is 2. The van der Waals surface area contributed by atoms with E-state index < -0.39 is 0 Å². The molecule has 0 saturated heterocycles. The summed E-state index contributed by atoms with van der Waals surface area (Å²) in [6.07, 6.45) is 0. The first kappa shape index (κ1) is 16.4. The lowest BCUT2D eigenvalue weighted by atomic mass is 10.1. The molecule has 0 bridgehead atoms. The molecule has 4 aromatic rings. The van der Waals surface area contributed by atoms with E-state index in [2.05, 4.69) is 9.97 Å². The molecule has 0 radical (unpaired) electrons. The van der Waals surface area contributed by atoms with E-state index in [1.165, 1.54) is 0 Å². The summed E-state index contributed by atoms with van der Waals surface area (Å²) in [7, 11) is 1.62. The summed E-state index contributed by atoms with van der Waals surface area (Å²) >= 11 is 6.18. The highest BCUT2D eigenvalue weighted by Crippen LogP contribution is 2.31. The molecule has 128 valence electrons. The summed E-state index contributed by atoms with van der Waals surface area (Å²) in [5, 5.41) is 1.52. The number of benzene rings is 3. The minimum Gasteiger partial charge on any atom is -0.497 e. The first-order chi connectivity index (χ1) is 12.7. The van der Waals surface area contributed by atoms with Crippen molar-refractivity contribution in [3.8, 4) is 28.8 Å². The Hall–Kier alpha value is -3.11. The predicted octanol–water partition coefficient (Wildman–Crippen LogP) is 5.75. The van der Waals surface area contributed by atoms with E-state index in [-0.39, 0.29) is 6.01 Å². The zero-order valence-electron chi connectivity index (χ0n) is 14.0. The van der Waals surface area contributed by atoms with Crippen LogP contribution in [0.3, 0.4) is 0 Å². The van der Waals surface area contributed by atoms with Gasteiger partial charge < -0.3 is 9.47 Å². The third-order valence-electron chi connectivity index (χ3n) is 3.95. The molecule has 0 N–H and O–H groups in total. The number of hydrogen-bond donors (Lipinski definition) is 0. The van der Waals surface area contributed by atoms with Crippen LogP contribution in [0, 0.1) is 0 Å². The van der Waals surface area contributed by atoms with Crippen molar-refractivity contribution < 1.29 is 9.47 Å². The minimum absolute atomic E-state index is 0.281. The van der Waals surface area contributed by atoms with Gasteiger partial charge in [0.1, 0.15) is 11.5 Å². The van der Waals surface area contributed by atoms with Crippen LogP contribution in [0.1, 0.15) is 0 Å². The van der Waals surface area contributed by atoms with Crippen molar-refractivity contribution in [2.45, 2.75) is 0 Å². The van der Waals surface area contributed by atoms with Gasteiger partial charge in [-0.15, -0.1) is 0 Å². The van der Waals surface area contributed by atoms with Crippen molar-refractivity contribution in [1.82, 2.24) is 9.97 Å². The third kappa shape index (κ3) is 3.32. The second kappa shape index (κ2) is 7.02. The predicted molar refractivity (Wildman–Crippen MR) is 103 cm³/mol. The molecule has 0 atom stereocenters. The maximum atomic E-state index is 6.18. The molecule has 0 aliphatic heterocycles. The molecular weight excluding hydrogens is 348 g/mol. The monoisotopic (exact) mass is 362 g/mol. The van der Waals surface area contributed by atoms with E-state index in [1.54, 1.807) is 7.11 Å². The molecule has 0 aliphatic rings. The number of methoxy groups -OCH3 is 1. The average molecular weight is 363 g/mol. The number of halogens is 1. The fourth-order valence-corrected chi connectivity index (χ4v) is 2.86. The van der Waals surface area contributed by atoms with E-state index in [0.717, 1.165) is 27.9 Å². The zero-order valence-corrected chi connectivity index (χ0v) is 14.8. The molecule has 0 spiro atoms. The van der Waals surface area contributed by atoms with Crippen LogP contribution >= 0.6 is 11.6 Å². The van der Waals surface area contributed by atoms with Crippen LogP contribution in [-0.2, 0) is 0 Å². The van der Waals surface area contributed by atoms with Gasteiger partial charge in [0.25, 0.3) is 0 Å². The van der Waals surface area contributed by atoms with Crippen LogP contribution < -0.4 is 9.47 Å². The van der Waals surface area contributed by atoms with Crippen LogP contribution in [0.25, 0.3) is 22.2 Å². The van der Waals surface area contributed by atoms with Crippen molar-refractivity contribution in [2.75, 3.05) is 7.11 Å². The normalized spacial score (nSPS) is 10.7. The number of rotatable bonds is 4. The van der Waals surface area contributed by atoms with Gasteiger partial charge in [0.15, 0.2) is 0 Å². The maximum Gasteiger partial charge on any atom is 0.323 e. The number of aromatic nitrogens is 2. The van der Waals surface area contributed by atoms with Gasteiger partial charge in [-0.2, -0.15) is 9.97 Å². The van der Waals surface area contributed by atoms with Gasteiger partial charge in [-0.25, -0.2) is 0 Å². The van der Waals surface area contributed by atoms with Crippen LogP contribution in [0.4, 0.5) is 0 Å². The maximum absolute atomic E-state index is 6.18. The molecule has 5 heteroatoms. The fourth-order valence-electron chi connectivity index (χ4n) is 2.69. The average Bonchev–Trinajstić information content (AvgIpc) is 2.69. The lowest BCUT2D eigenvalue weighted by molar-refractivity contribution is 0.411. The lowest BCUT2D eigenvalue weighted by Gasteiger charge is -2.10.